The minimum absolute atomic E-state index is 0.0117. The number of hydrogen-bond donors (Lipinski definition) is 0. The predicted octanol–water partition coefficient (Wildman–Crippen LogP) is 3.58. The van der Waals surface area contributed by atoms with Gasteiger partial charge in [-0.25, -0.2) is 4.98 Å². The van der Waals surface area contributed by atoms with Crippen molar-refractivity contribution in [2.75, 3.05) is 13.1 Å². The maximum atomic E-state index is 13.0. The van der Waals surface area contributed by atoms with E-state index >= 15 is 0 Å². The van der Waals surface area contributed by atoms with Gasteiger partial charge in [0.25, 0.3) is 5.91 Å². The molecule has 4 rings (SSSR count). The summed E-state index contributed by atoms with van der Waals surface area (Å²) in [5, 5.41) is 4.04. The maximum Gasteiger partial charge on any atom is 0.259 e. The van der Waals surface area contributed by atoms with Crippen molar-refractivity contribution in [3.63, 3.8) is 0 Å². The zero-order valence-corrected chi connectivity index (χ0v) is 14.8. The van der Waals surface area contributed by atoms with Crippen LogP contribution in [0.5, 0.6) is 0 Å². The maximum absolute atomic E-state index is 13.0. The molecule has 0 bridgehead atoms. The Morgan fingerprint density at radius 1 is 1.23 bits per heavy atom. The number of nitrogens with zero attached hydrogens (tertiary/aromatic N) is 4. The molecule has 1 aromatic carbocycles. The summed E-state index contributed by atoms with van der Waals surface area (Å²) in [6.45, 7) is 4.50. The Hall–Kier alpha value is -2.89. The lowest BCUT2D eigenvalue weighted by Gasteiger charge is -2.31. The highest BCUT2D eigenvalue weighted by Crippen LogP contribution is 2.29. The fourth-order valence-corrected chi connectivity index (χ4v) is 3.65. The van der Waals surface area contributed by atoms with Crippen molar-refractivity contribution in [1.82, 2.24) is 19.6 Å². The summed E-state index contributed by atoms with van der Waals surface area (Å²) in [6.07, 6.45) is 7.19. The van der Waals surface area contributed by atoms with Gasteiger partial charge < -0.3 is 14.0 Å². The summed E-state index contributed by atoms with van der Waals surface area (Å²) in [7, 11) is 0. The minimum atomic E-state index is -0.0117. The summed E-state index contributed by atoms with van der Waals surface area (Å²) < 4.78 is 7.30. The van der Waals surface area contributed by atoms with E-state index < -0.39 is 0 Å². The summed E-state index contributed by atoms with van der Waals surface area (Å²) >= 11 is 0. The number of imidazole rings is 1. The molecule has 1 saturated heterocycles. The highest BCUT2D eigenvalue weighted by Gasteiger charge is 2.29. The van der Waals surface area contributed by atoms with Crippen molar-refractivity contribution >= 4 is 5.91 Å². The zero-order chi connectivity index (χ0) is 17.9. The summed E-state index contributed by atoms with van der Waals surface area (Å²) in [4.78, 5) is 19.4. The first-order valence-corrected chi connectivity index (χ1v) is 9.08. The van der Waals surface area contributed by atoms with Gasteiger partial charge in [-0.3, -0.25) is 4.79 Å². The molecule has 26 heavy (non-hydrogen) atoms. The summed E-state index contributed by atoms with van der Waals surface area (Å²) in [6, 6.07) is 9.67. The Kier molecular flexibility index (Phi) is 4.56. The Morgan fingerprint density at radius 2 is 2.00 bits per heavy atom. The van der Waals surface area contributed by atoms with Crippen molar-refractivity contribution in [1.29, 1.82) is 0 Å². The Morgan fingerprint density at radius 3 is 2.73 bits per heavy atom. The normalized spacial score (nSPS) is 15.3. The van der Waals surface area contributed by atoms with Crippen LogP contribution in [0.2, 0.25) is 0 Å². The smallest absolute Gasteiger partial charge is 0.259 e. The fourth-order valence-electron chi connectivity index (χ4n) is 3.65. The van der Waals surface area contributed by atoms with E-state index in [2.05, 4.69) is 21.6 Å². The Balaban J connectivity index is 1.47. The third-order valence-electron chi connectivity index (χ3n) is 5.08. The van der Waals surface area contributed by atoms with Crippen LogP contribution in [0, 0.1) is 0 Å². The van der Waals surface area contributed by atoms with Gasteiger partial charge in [-0.2, -0.15) is 0 Å². The van der Waals surface area contributed by atoms with Gasteiger partial charge >= 0.3 is 0 Å². The van der Waals surface area contributed by atoms with Crippen LogP contribution < -0.4 is 0 Å². The largest absolute Gasteiger partial charge is 0.363 e. The molecule has 0 aliphatic carbocycles. The molecule has 0 N–H and O–H groups in total. The molecule has 6 heteroatoms. The van der Waals surface area contributed by atoms with Crippen LogP contribution in [0.1, 0.15) is 41.9 Å². The molecule has 1 fully saturated rings. The molecule has 0 spiro atoms. The molecule has 1 aliphatic heterocycles. The number of likely N-dealkylation sites (tertiary alicyclic amines) is 1. The Labute approximate surface area is 152 Å². The van der Waals surface area contributed by atoms with E-state index in [4.69, 9.17) is 4.52 Å². The van der Waals surface area contributed by atoms with E-state index in [1.54, 1.807) is 0 Å². The van der Waals surface area contributed by atoms with Gasteiger partial charge in [-0.15, -0.1) is 0 Å². The first kappa shape index (κ1) is 16.6. The van der Waals surface area contributed by atoms with Crippen LogP contribution in [0.4, 0.5) is 0 Å². The van der Waals surface area contributed by atoms with Gasteiger partial charge in [0.15, 0.2) is 0 Å². The number of benzene rings is 1. The lowest BCUT2D eigenvalue weighted by atomic mass is 9.95. The molecule has 0 saturated carbocycles. The number of rotatable bonds is 4. The molecular formula is C20H22N4O2. The number of carbonyl (C=O) groups is 1. The van der Waals surface area contributed by atoms with Gasteiger partial charge in [0.2, 0.25) is 0 Å². The van der Waals surface area contributed by atoms with E-state index in [1.165, 1.54) is 6.26 Å². The minimum Gasteiger partial charge on any atom is -0.363 e. The number of piperidine rings is 1. The molecule has 134 valence electrons. The quantitative estimate of drug-likeness (QED) is 0.721. The second kappa shape index (κ2) is 7.15. The third kappa shape index (κ3) is 3.03. The predicted molar refractivity (Wildman–Crippen MR) is 97.7 cm³/mol. The van der Waals surface area contributed by atoms with Crippen LogP contribution in [-0.2, 0) is 6.54 Å². The standard InChI is InChI=1S/C20H22N4O2/c1-2-23-13-10-21-19(23)16-8-11-24(12-9-16)20(25)17-14-26-22-18(17)15-6-4-3-5-7-15/h3-7,10,13-14,16H,2,8-9,11-12H2,1H3. The molecule has 3 heterocycles. The van der Waals surface area contributed by atoms with Gasteiger partial charge in [-0.05, 0) is 19.8 Å². The summed E-state index contributed by atoms with van der Waals surface area (Å²) in [5.74, 6) is 1.53. The first-order chi connectivity index (χ1) is 12.8. The number of amides is 1. The van der Waals surface area contributed by atoms with Gasteiger partial charge in [-0.1, -0.05) is 35.5 Å². The van der Waals surface area contributed by atoms with Crippen LogP contribution in [0.3, 0.4) is 0 Å². The first-order valence-electron chi connectivity index (χ1n) is 9.08. The van der Waals surface area contributed by atoms with Crippen molar-refractivity contribution < 1.29 is 9.32 Å². The van der Waals surface area contributed by atoms with E-state index in [0.717, 1.165) is 43.9 Å². The number of aryl methyl sites for hydroxylation is 1. The van der Waals surface area contributed by atoms with E-state index in [0.29, 0.717) is 17.2 Å². The topological polar surface area (TPSA) is 64.2 Å². The van der Waals surface area contributed by atoms with Crippen LogP contribution >= 0.6 is 0 Å². The van der Waals surface area contributed by atoms with Gasteiger partial charge in [0.1, 0.15) is 23.3 Å². The lowest BCUT2D eigenvalue weighted by Crippen LogP contribution is -2.38. The van der Waals surface area contributed by atoms with Crippen LogP contribution in [0.15, 0.2) is 53.5 Å². The second-order valence-corrected chi connectivity index (χ2v) is 6.58. The third-order valence-corrected chi connectivity index (χ3v) is 5.08. The van der Waals surface area contributed by atoms with E-state index in [-0.39, 0.29) is 5.91 Å². The monoisotopic (exact) mass is 350 g/mol. The SMILES string of the molecule is CCn1ccnc1C1CCN(C(=O)c2conc2-c2ccccc2)CC1. The fraction of sp³-hybridized carbons (Fsp3) is 0.350. The molecule has 0 unspecified atom stereocenters. The highest BCUT2D eigenvalue weighted by molar-refractivity contribution is 5.99. The van der Waals surface area contributed by atoms with Crippen molar-refractivity contribution in [2.45, 2.75) is 32.2 Å². The summed E-state index contributed by atoms with van der Waals surface area (Å²) in [5.41, 5.74) is 2.04. The molecule has 2 aromatic heterocycles. The number of aromatic nitrogens is 3. The van der Waals surface area contributed by atoms with Crippen molar-refractivity contribution in [3.8, 4) is 11.3 Å². The molecule has 0 radical (unpaired) electrons. The Bertz CT molecular complexity index is 876. The number of hydrogen-bond acceptors (Lipinski definition) is 4. The molecule has 1 aliphatic rings. The highest BCUT2D eigenvalue weighted by atomic mass is 16.5. The molecule has 3 aromatic rings. The average molecular weight is 350 g/mol. The van der Waals surface area contributed by atoms with E-state index in [9.17, 15) is 4.79 Å². The average Bonchev–Trinajstić information content (AvgIpc) is 3.37. The van der Waals surface area contributed by atoms with Crippen molar-refractivity contribution in [3.05, 3.63) is 60.4 Å². The number of carbonyl (C=O) groups excluding carboxylic acids is 1. The lowest BCUT2D eigenvalue weighted by molar-refractivity contribution is 0.0710. The van der Waals surface area contributed by atoms with E-state index in [1.807, 2.05) is 47.6 Å². The molecular weight excluding hydrogens is 328 g/mol. The van der Waals surface area contributed by atoms with Crippen LogP contribution in [0.25, 0.3) is 11.3 Å². The molecule has 0 atom stereocenters. The van der Waals surface area contributed by atoms with Crippen molar-refractivity contribution in [2.24, 2.45) is 0 Å². The molecule has 6 nitrogen and oxygen atoms in total. The zero-order valence-electron chi connectivity index (χ0n) is 14.8. The van der Waals surface area contributed by atoms with Crippen LogP contribution in [-0.4, -0.2) is 38.6 Å². The van der Waals surface area contributed by atoms with Gasteiger partial charge in [0, 0.05) is 43.5 Å². The molecule has 1 amide bonds. The van der Waals surface area contributed by atoms with Gasteiger partial charge in [0.05, 0.1) is 0 Å². The second-order valence-electron chi connectivity index (χ2n) is 6.58.